The van der Waals surface area contributed by atoms with Crippen molar-refractivity contribution in [3.63, 3.8) is 0 Å². The number of carboxylic acid groups (broad SMARTS) is 1. The fourth-order valence-corrected chi connectivity index (χ4v) is 1.95. The van der Waals surface area contributed by atoms with Crippen molar-refractivity contribution in [1.29, 1.82) is 0 Å². The second-order valence-corrected chi connectivity index (χ2v) is 4.88. The summed E-state index contributed by atoms with van der Waals surface area (Å²) >= 11 is 0. The molecular weight excluding hydrogens is 242 g/mol. The van der Waals surface area contributed by atoms with E-state index in [1.807, 2.05) is 39.0 Å². The van der Waals surface area contributed by atoms with Gasteiger partial charge >= 0.3 is 5.97 Å². The molecule has 0 aliphatic rings. The molecule has 0 radical (unpaired) electrons. The molecule has 0 bridgehead atoms. The predicted octanol–water partition coefficient (Wildman–Crippen LogP) is 2.22. The molecule has 19 heavy (non-hydrogen) atoms. The Morgan fingerprint density at radius 2 is 2.00 bits per heavy atom. The number of amides is 1. The van der Waals surface area contributed by atoms with Gasteiger partial charge in [-0.15, -0.1) is 0 Å². The standard InChI is InChI=1S/C15H21NO3/c1-4-13(9-15(18)19)16-14(17)8-12-7-10(2)5-6-11(12)3/h5-7,13H,4,8-9H2,1-3H3,(H,16,17)(H,18,19). The molecule has 1 aromatic carbocycles. The minimum atomic E-state index is -0.890. The van der Waals surface area contributed by atoms with E-state index < -0.39 is 5.97 Å². The van der Waals surface area contributed by atoms with Crippen LogP contribution >= 0.6 is 0 Å². The highest BCUT2D eigenvalue weighted by Crippen LogP contribution is 2.11. The van der Waals surface area contributed by atoms with Gasteiger partial charge in [0.2, 0.25) is 5.91 Å². The van der Waals surface area contributed by atoms with Crippen molar-refractivity contribution in [1.82, 2.24) is 5.32 Å². The first kappa shape index (κ1) is 15.2. The lowest BCUT2D eigenvalue weighted by molar-refractivity contribution is -0.137. The molecule has 1 amide bonds. The molecule has 1 rings (SSSR count). The van der Waals surface area contributed by atoms with Crippen LogP contribution in [0.25, 0.3) is 0 Å². The lowest BCUT2D eigenvalue weighted by atomic mass is 10.0. The fraction of sp³-hybridized carbons (Fsp3) is 0.467. The van der Waals surface area contributed by atoms with Gasteiger partial charge in [0.15, 0.2) is 0 Å². The quantitative estimate of drug-likeness (QED) is 0.827. The van der Waals surface area contributed by atoms with Crippen molar-refractivity contribution in [2.75, 3.05) is 0 Å². The first-order valence-electron chi connectivity index (χ1n) is 6.49. The molecule has 0 aliphatic carbocycles. The molecule has 0 aromatic heterocycles. The Kier molecular flexibility index (Phi) is 5.55. The summed E-state index contributed by atoms with van der Waals surface area (Å²) in [5.74, 6) is -1.01. The maximum atomic E-state index is 11.9. The van der Waals surface area contributed by atoms with Crippen LogP contribution in [-0.2, 0) is 16.0 Å². The van der Waals surface area contributed by atoms with Crippen LogP contribution in [-0.4, -0.2) is 23.0 Å². The van der Waals surface area contributed by atoms with E-state index in [0.717, 1.165) is 16.7 Å². The van der Waals surface area contributed by atoms with Crippen molar-refractivity contribution >= 4 is 11.9 Å². The summed E-state index contributed by atoms with van der Waals surface area (Å²) in [5.41, 5.74) is 3.18. The van der Waals surface area contributed by atoms with Crippen LogP contribution in [0.5, 0.6) is 0 Å². The SMILES string of the molecule is CCC(CC(=O)O)NC(=O)Cc1cc(C)ccc1C. The smallest absolute Gasteiger partial charge is 0.305 e. The summed E-state index contributed by atoms with van der Waals surface area (Å²) < 4.78 is 0. The number of hydrogen-bond acceptors (Lipinski definition) is 2. The highest BCUT2D eigenvalue weighted by Gasteiger charge is 2.14. The summed E-state index contributed by atoms with van der Waals surface area (Å²) in [4.78, 5) is 22.6. The van der Waals surface area contributed by atoms with E-state index in [2.05, 4.69) is 5.32 Å². The maximum absolute atomic E-state index is 11.9. The Morgan fingerprint density at radius 3 is 2.58 bits per heavy atom. The average Bonchev–Trinajstić information content (AvgIpc) is 2.32. The van der Waals surface area contributed by atoms with Crippen molar-refractivity contribution < 1.29 is 14.7 Å². The van der Waals surface area contributed by atoms with Crippen LogP contribution in [0.15, 0.2) is 18.2 Å². The molecule has 0 heterocycles. The Labute approximate surface area is 113 Å². The highest BCUT2D eigenvalue weighted by atomic mass is 16.4. The molecule has 0 fully saturated rings. The number of benzene rings is 1. The summed E-state index contributed by atoms with van der Waals surface area (Å²) in [7, 11) is 0. The van der Waals surface area contributed by atoms with Crippen molar-refractivity contribution in [2.45, 2.75) is 46.1 Å². The molecule has 1 aromatic rings. The highest BCUT2D eigenvalue weighted by molar-refractivity contribution is 5.80. The third kappa shape index (κ3) is 5.12. The van der Waals surface area contributed by atoms with Gasteiger partial charge in [-0.05, 0) is 31.4 Å². The molecule has 0 aliphatic heterocycles. The molecule has 0 saturated heterocycles. The lowest BCUT2D eigenvalue weighted by Gasteiger charge is -2.15. The second-order valence-electron chi connectivity index (χ2n) is 4.88. The van der Waals surface area contributed by atoms with Gasteiger partial charge in [-0.1, -0.05) is 30.7 Å². The number of rotatable bonds is 6. The van der Waals surface area contributed by atoms with Crippen molar-refractivity contribution in [3.05, 3.63) is 34.9 Å². The van der Waals surface area contributed by atoms with E-state index in [0.29, 0.717) is 12.8 Å². The van der Waals surface area contributed by atoms with Gasteiger partial charge in [0.1, 0.15) is 0 Å². The normalized spacial score (nSPS) is 11.9. The minimum Gasteiger partial charge on any atom is -0.481 e. The molecule has 0 saturated carbocycles. The van der Waals surface area contributed by atoms with Crippen molar-refractivity contribution in [2.24, 2.45) is 0 Å². The van der Waals surface area contributed by atoms with Gasteiger partial charge in [0.25, 0.3) is 0 Å². The minimum absolute atomic E-state index is 0.0327. The van der Waals surface area contributed by atoms with E-state index in [-0.39, 0.29) is 18.4 Å². The van der Waals surface area contributed by atoms with E-state index >= 15 is 0 Å². The second kappa shape index (κ2) is 6.92. The van der Waals surface area contributed by atoms with Crippen LogP contribution in [0, 0.1) is 13.8 Å². The first-order chi connectivity index (χ1) is 8.92. The van der Waals surface area contributed by atoms with E-state index in [4.69, 9.17) is 5.11 Å². The molecule has 4 heteroatoms. The topological polar surface area (TPSA) is 66.4 Å². The summed E-state index contributed by atoms with van der Waals surface area (Å²) in [5, 5.41) is 11.5. The summed E-state index contributed by atoms with van der Waals surface area (Å²) in [6.45, 7) is 5.82. The molecule has 2 N–H and O–H groups in total. The van der Waals surface area contributed by atoms with Crippen LogP contribution in [0.1, 0.15) is 36.5 Å². The number of aliphatic carboxylic acids is 1. The summed E-state index contributed by atoms with van der Waals surface area (Å²) in [6, 6.07) is 5.70. The zero-order valence-corrected chi connectivity index (χ0v) is 11.7. The molecule has 1 atom stereocenters. The molecule has 4 nitrogen and oxygen atoms in total. The van der Waals surface area contributed by atoms with Gasteiger partial charge in [0, 0.05) is 6.04 Å². The van der Waals surface area contributed by atoms with E-state index in [9.17, 15) is 9.59 Å². The first-order valence-corrected chi connectivity index (χ1v) is 6.49. The van der Waals surface area contributed by atoms with Gasteiger partial charge in [0.05, 0.1) is 12.8 Å². The largest absolute Gasteiger partial charge is 0.481 e. The van der Waals surface area contributed by atoms with Gasteiger partial charge in [-0.3, -0.25) is 9.59 Å². The lowest BCUT2D eigenvalue weighted by Crippen LogP contribution is -2.37. The van der Waals surface area contributed by atoms with Crippen molar-refractivity contribution in [3.8, 4) is 0 Å². The fourth-order valence-electron chi connectivity index (χ4n) is 1.95. The number of aryl methyl sites for hydroxylation is 2. The maximum Gasteiger partial charge on any atom is 0.305 e. The number of carbonyl (C=O) groups excluding carboxylic acids is 1. The molecular formula is C15H21NO3. The summed E-state index contributed by atoms with van der Waals surface area (Å²) in [6.07, 6.45) is 0.878. The Hall–Kier alpha value is -1.84. The molecule has 1 unspecified atom stereocenters. The predicted molar refractivity (Wildman–Crippen MR) is 74.1 cm³/mol. The third-order valence-corrected chi connectivity index (χ3v) is 3.13. The Bertz CT molecular complexity index is 468. The number of hydrogen-bond donors (Lipinski definition) is 2. The van der Waals surface area contributed by atoms with Crippen LogP contribution in [0.2, 0.25) is 0 Å². The third-order valence-electron chi connectivity index (χ3n) is 3.13. The number of carboxylic acids is 1. The zero-order chi connectivity index (χ0) is 14.4. The monoisotopic (exact) mass is 263 g/mol. The van der Waals surface area contributed by atoms with E-state index in [1.54, 1.807) is 0 Å². The Morgan fingerprint density at radius 1 is 1.32 bits per heavy atom. The van der Waals surface area contributed by atoms with Gasteiger partial charge in [-0.25, -0.2) is 0 Å². The molecule has 0 spiro atoms. The van der Waals surface area contributed by atoms with Gasteiger partial charge < -0.3 is 10.4 Å². The number of nitrogens with one attached hydrogen (secondary N) is 1. The van der Waals surface area contributed by atoms with E-state index in [1.165, 1.54) is 0 Å². The van der Waals surface area contributed by atoms with Crippen LogP contribution in [0.3, 0.4) is 0 Å². The average molecular weight is 263 g/mol. The Balaban J connectivity index is 2.63. The van der Waals surface area contributed by atoms with Crippen LogP contribution in [0.4, 0.5) is 0 Å². The van der Waals surface area contributed by atoms with Crippen LogP contribution < -0.4 is 5.32 Å². The zero-order valence-electron chi connectivity index (χ0n) is 11.7. The van der Waals surface area contributed by atoms with Gasteiger partial charge in [-0.2, -0.15) is 0 Å². The molecule has 104 valence electrons. The number of carbonyl (C=O) groups is 2.